The van der Waals surface area contributed by atoms with Crippen molar-refractivity contribution in [1.82, 2.24) is 15.3 Å². The zero-order chi connectivity index (χ0) is 18.7. The Bertz CT molecular complexity index is 820. The molecule has 1 aliphatic carbocycles. The van der Waals surface area contributed by atoms with Crippen molar-refractivity contribution in [2.45, 2.75) is 45.6 Å². The molecule has 0 aliphatic heterocycles. The fourth-order valence-corrected chi connectivity index (χ4v) is 3.41. The number of hydrogen-bond donors (Lipinski definition) is 1. The van der Waals surface area contributed by atoms with Crippen LogP contribution in [0.4, 0.5) is 0 Å². The van der Waals surface area contributed by atoms with Crippen LogP contribution in [0.15, 0.2) is 18.2 Å². The monoisotopic (exact) mass is 355 g/mol. The Kier molecular flexibility index (Phi) is 5.40. The van der Waals surface area contributed by atoms with Gasteiger partial charge in [-0.05, 0) is 49.8 Å². The van der Waals surface area contributed by atoms with Crippen LogP contribution in [-0.2, 0) is 24.1 Å². The molecule has 0 radical (unpaired) electrons. The number of carbonyl (C=O) groups excluding carboxylic acids is 1. The molecular formula is C20H25N3O3. The molecule has 1 aliphatic rings. The molecule has 0 spiro atoms. The summed E-state index contributed by atoms with van der Waals surface area (Å²) in [7, 11) is 3.02. The van der Waals surface area contributed by atoms with Gasteiger partial charge in [0.25, 0.3) is 0 Å². The fraction of sp³-hybridized carbons (Fsp3) is 0.450. The van der Waals surface area contributed by atoms with E-state index in [0.717, 1.165) is 18.4 Å². The number of fused-ring (bicyclic) bond motifs is 1. The van der Waals surface area contributed by atoms with Gasteiger partial charge in [0, 0.05) is 5.56 Å². The van der Waals surface area contributed by atoms with Gasteiger partial charge in [-0.1, -0.05) is 18.2 Å². The Hall–Kier alpha value is -2.63. The maximum absolute atomic E-state index is 12.6. The van der Waals surface area contributed by atoms with Crippen LogP contribution in [0.5, 0.6) is 11.9 Å². The molecule has 1 aromatic carbocycles. The third-order valence-corrected chi connectivity index (χ3v) is 4.87. The van der Waals surface area contributed by atoms with Crippen LogP contribution < -0.4 is 14.8 Å². The number of nitrogens with one attached hydrogen (secondary N) is 1. The van der Waals surface area contributed by atoms with Gasteiger partial charge in [0.2, 0.25) is 11.8 Å². The first-order valence-electron chi connectivity index (χ1n) is 8.88. The summed E-state index contributed by atoms with van der Waals surface area (Å²) in [5, 5.41) is 3.06. The van der Waals surface area contributed by atoms with Crippen molar-refractivity contribution in [2.75, 3.05) is 14.2 Å². The summed E-state index contributed by atoms with van der Waals surface area (Å²) in [6, 6.07) is 6.69. The second-order valence-corrected chi connectivity index (χ2v) is 6.63. The van der Waals surface area contributed by atoms with Crippen LogP contribution >= 0.6 is 0 Å². The predicted molar refractivity (Wildman–Crippen MR) is 98.6 cm³/mol. The first kappa shape index (κ1) is 18.2. The zero-order valence-electron chi connectivity index (χ0n) is 15.8. The molecule has 2 aromatic rings. The SMILES string of the molecule is COc1nc(C)c(CC(=O)N[C@@H](C)c2ccc3c(c2)CCC3)c(OC)n1. The molecule has 0 fully saturated rings. The van der Waals surface area contributed by atoms with Crippen molar-refractivity contribution in [2.24, 2.45) is 0 Å². The normalized spacial score (nSPS) is 13.8. The van der Waals surface area contributed by atoms with Gasteiger partial charge < -0.3 is 14.8 Å². The summed E-state index contributed by atoms with van der Waals surface area (Å²) in [6.07, 6.45) is 3.67. The lowest BCUT2D eigenvalue weighted by atomic mass is 10.0. The number of amides is 1. The number of rotatable bonds is 6. The van der Waals surface area contributed by atoms with Gasteiger partial charge in [0.15, 0.2) is 0 Å². The largest absolute Gasteiger partial charge is 0.481 e. The lowest BCUT2D eigenvalue weighted by Gasteiger charge is -2.17. The summed E-state index contributed by atoms with van der Waals surface area (Å²) in [4.78, 5) is 21.0. The van der Waals surface area contributed by atoms with Crippen molar-refractivity contribution in [1.29, 1.82) is 0 Å². The van der Waals surface area contributed by atoms with E-state index in [1.165, 1.54) is 31.8 Å². The molecule has 1 aromatic heterocycles. The molecule has 6 nitrogen and oxygen atoms in total. The van der Waals surface area contributed by atoms with E-state index in [-0.39, 0.29) is 24.4 Å². The minimum absolute atomic E-state index is 0.0566. The van der Waals surface area contributed by atoms with E-state index in [2.05, 4.69) is 33.5 Å². The molecule has 0 bridgehead atoms. The van der Waals surface area contributed by atoms with E-state index in [4.69, 9.17) is 9.47 Å². The van der Waals surface area contributed by atoms with E-state index < -0.39 is 0 Å². The van der Waals surface area contributed by atoms with Crippen LogP contribution in [0.25, 0.3) is 0 Å². The average molecular weight is 355 g/mol. The second-order valence-electron chi connectivity index (χ2n) is 6.63. The van der Waals surface area contributed by atoms with Crippen LogP contribution in [0.1, 0.15) is 47.3 Å². The second kappa shape index (κ2) is 7.72. The Balaban J connectivity index is 1.71. The van der Waals surface area contributed by atoms with Gasteiger partial charge in [0.05, 0.1) is 32.4 Å². The van der Waals surface area contributed by atoms with E-state index in [0.29, 0.717) is 17.1 Å². The first-order valence-corrected chi connectivity index (χ1v) is 8.88. The number of benzene rings is 1. The predicted octanol–water partition coefficient (Wildman–Crippen LogP) is 2.71. The smallest absolute Gasteiger partial charge is 0.319 e. The highest BCUT2D eigenvalue weighted by atomic mass is 16.5. The summed E-state index contributed by atoms with van der Waals surface area (Å²) in [6.45, 7) is 3.82. The molecule has 0 saturated carbocycles. The summed E-state index contributed by atoms with van der Waals surface area (Å²) >= 11 is 0. The maximum atomic E-state index is 12.6. The Labute approximate surface area is 154 Å². The summed E-state index contributed by atoms with van der Waals surface area (Å²) in [5.41, 5.74) is 5.32. The molecular weight excluding hydrogens is 330 g/mol. The van der Waals surface area contributed by atoms with E-state index in [1.807, 2.05) is 13.8 Å². The van der Waals surface area contributed by atoms with Crippen molar-refractivity contribution >= 4 is 5.91 Å². The molecule has 1 atom stereocenters. The van der Waals surface area contributed by atoms with Crippen LogP contribution in [0, 0.1) is 6.92 Å². The lowest BCUT2D eigenvalue weighted by Crippen LogP contribution is -2.28. The quantitative estimate of drug-likeness (QED) is 0.862. The van der Waals surface area contributed by atoms with Gasteiger partial charge in [0.1, 0.15) is 0 Å². The van der Waals surface area contributed by atoms with Gasteiger partial charge in [-0.2, -0.15) is 4.98 Å². The lowest BCUT2D eigenvalue weighted by molar-refractivity contribution is -0.121. The summed E-state index contributed by atoms with van der Waals surface area (Å²) in [5.74, 6) is 0.280. The number of aryl methyl sites for hydroxylation is 3. The number of nitrogens with zero attached hydrogens (tertiary/aromatic N) is 2. The minimum atomic E-state index is -0.0897. The maximum Gasteiger partial charge on any atom is 0.319 e. The van der Waals surface area contributed by atoms with Crippen molar-refractivity contribution < 1.29 is 14.3 Å². The highest BCUT2D eigenvalue weighted by Crippen LogP contribution is 2.26. The topological polar surface area (TPSA) is 73.3 Å². The van der Waals surface area contributed by atoms with E-state index in [9.17, 15) is 4.79 Å². The number of methoxy groups -OCH3 is 2. The molecule has 26 heavy (non-hydrogen) atoms. The van der Waals surface area contributed by atoms with Gasteiger partial charge in [-0.15, -0.1) is 0 Å². The molecule has 1 N–H and O–H groups in total. The minimum Gasteiger partial charge on any atom is -0.481 e. The molecule has 138 valence electrons. The zero-order valence-corrected chi connectivity index (χ0v) is 15.8. The number of aromatic nitrogens is 2. The first-order chi connectivity index (χ1) is 12.5. The van der Waals surface area contributed by atoms with Crippen LogP contribution in [0.3, 0.4) is 0 Å². The molecule has 1 heterocycles. The fourth-order valence-electron chi connectivity index (χ4n) is 3.41. The Morgan fingerprint density at radius 1 is 1.19 bits per heavy atom. The molecule has 0 unspecified atom stereocenters. The molecule has 6 heteroatoms. The molecule has 0 saturated heterocycles. The van der Waals surface area contributed by atoms with E-state index >= 15 is 0 Å². The van der Waals surface area contributed by atoms with Gasteiger partial charge >= 0.3 is 6.01 Å². The standard InChI is InChI=1S/C20H25N3O3/c1-12(15-9-8-14-6-5-7-16(14)10-15)21-18(24)11-17-13(2)22-20(26-4)23-19(17)25-3/h8-10,12H,5-7,11H2,1-4H3,(H,21,24)/t12-/m0/s1. The number of ether oxygens (including phenoxy) is 2. The highest BCUT2D eigenvalue weighted by molar-refractivity contribution is 5.79. The van der Waals surface area contributed by atoms with Crippen LogP contribution in [-0.4, -0.2) is 30.1 Å². The Morgan fingerprint density at radius 3 is 2.69 bits per heavy atom. The number of carbonyl (C=O) groups is 1. The van der Waals surface area contributed by atoms with Crippen molar-refractivity contribution in [3.8, 4) is 11.9 Å². The van der Waals surface area contributed by atoms with E-state index in [1.54, 1.807) is 0 Å². The van der Waals surface area contributed by atoms with Crippen molar-refractivity contribution in [3.63, 3.8) is 0 Å². The third kappa shape index (κ3) is 3.79. The van der Waals surface area contributed by atoms with Crippen molar-refractivity contribution in [3.05, 3.63) is 46.1 Å². The Morgan fingerprint density at radius 2 is 1.96 bits per heavy atom. The third-order valence-electron chi connectivity index (χ3n) is 4.87. The van der Waals surface area contributed by atoms with Gasteiger partial charge in [-0.3, -0.25) is 4.79 Å². The van der Waals surface area contributed by atoms with Crippen LogP contribution in [0.2, 0.25) is 0 Å². The highest BCUT2D eigenvalue weighted by Gasteiger charge is 2.19. The number of hydrogen-bond acceptors (Lipinski definition) is 5. The van der Waals surface area contributed by atoms with Gasteiger partial charge in [-0.25, -0.2) is 4.98 Å². The average Bonchev–Trinajstić information content (AvgIpc) is 3.10. The summed E-state index contributed by atoms with van der Waals surface area (Å²) < 4.78 is 10.4. The molecule has 3 rings (SSSR count). The molecule has 1 amide bonds.